The molecule has 1 fully saturated rings. The summed E-state index contributed by atoms with van der Waals surface area (Å²) in [6.07, 6.45) is 3.94. The summed E-state index contributed by atoms with van der Waals surface area (Å²) >= 11 is 0. The number of aliphatic hydroxyl groups excluding tert-OH is 1. The van der Waals surface area contributed by atoms with Gasteiger partial charge in [-0.1, -0.05) is 38.8 Å². The molecule has 5 heteroatoms. The summed E-state index contributed by atoms with van der Waals surface area (Å²) in [6, 6.07) is 6.91. The lowest BCUT2D eigenvalue weighted by Gasteiger charge is -2.32. The molecule has 1 atom stereocenters. The van der Waals surface area contributed by atoms with E-state index < -0.39 is 17.7 Å². The van der Waals surface area contributed by atoms with Crippen LogP contribution < -0.4 is 4.74 Å². The number of amides is 1. The van der Waals surface area contributed by atoms with Crippen molar-refractivity contribution in [2.45, 2.75) is 51.6 Å². The van der Waals surface area contributed by atoms with Crippen molar-refractivity contribution in [3.63, 3.8) is 0 Å². The normalized spacial score (nSPS) is 21.5. The maximum atomic E-state index is 12.8. The first-order valence-electron chi connectivity index (χ1n) is 8.89. The summed E-state index contributed by atoms with van der Waals surface area (Å²) < 4.78 is 5.31. The number of aliphatic hydroxyl groups is 1. The molecule has 0 saturated heterocycles. The summed E-state index contributed by atoms with van der Waals surface area (Å²) in [6.45, 7) is 3.57. The van der Waals surface area contributed by atoms with E-state index in [0.717, 1.165) is 31.2 Å². The number of methoxy groups -OCH3 is 1. The van der Waals surface area contributed by atoms with E-state index in [2.05, 4.69) is 0 Å². The van der Waals surface area contributed by atoms with E-state index in [-0.39, 0.29) is 23.3 Å². The topological polar surface area (TPSA) is 66.8 Å². The first-order valence-corrected chi connectivity index (χ1v) is 8.89. The zero-order valence-electron chi connectivity index (χ0n) is 15.0. The summed E-state index contributed by atoms with van der Waals surface area (Å²) in [5.41, 5.74) is 1.02. The van der Waals surface area contributed by atoms with Gasteiger partial charge in [-0.05, 0) is 30.5 Å². The average Bonchev–Trinajstić information content (AvgIpc) is 3.22. The highest BCUT2D eigenvalue weighted by atomic mass is 16.5. The van der Waals surface area contributed by atoms with E-state index in [4.69, 9.17) is 4.74 Å². The third-order valence-electron chi connectivity index (χ3n) is 5.16. The van der Waals surface area contributed by atoms with E-state index in [1.54, 1.807) is 25.9 Å². The van der Waals surface area contributed by atoms with E-state index in [1.807, 2.05) is 24.3 Å². The summed E-state index contributed by atoms with van der Waals surface area (Å²) in [7, 11) is 1.58. The number of ketones is 1. The van der Waals surface area contributed by atoms with E-state index in [1.165, 1.54) is 0 Å². The number of rotatable bonds is 5. The molecule has 0 bridgehead atoms. The van der Waals surface area contributed by atoms with Crippen LogP contribution in [0.15, 0.2) is 35.6 Å². The van der Waals surface area contributed by atoms with Crippen LogP contribution in [0, 0.1) is 5.92 Å². The molecule has 5 nitrogen and oxygen atoms in total. The second kappa shape index (κ2) is 6.90. The molecule has 134 valence electrons. The van der Waals surface area contributed by atoms with Crippen molar-refractivity contribution < 1.29 is 19.4 Å². The first-order chi connectivity index (χ1) is 12.0. The Bertz CT molecular complexity index is 716. The summed E-state index contributed by atoms with van der Waals surface area (Å²) in [4.78, 5) is 27.3. The molecule has 2 aliphatic rings. The number of ether oxygens (including phenoxy) is 1. The molecule has 1 amide bonds. The van der Waals surface area contributed by atoms with Crippen molar-refractivity contribution in [2.24, 2.45) is 5.92 Å². The van der Waals surface area contributed by atoms with Crippen LogP contribution in [-0.4, -0.2) is 34.8 Å². The zero-order valence-corrected chi connectivity index (χ0v) is 15.0. The third-order valence-corrected chi connectivity index (χ3v) is 5.16. The SMILES string of the molecule is COc1cccc(C2C(C(=O)C(C)C)=C(O)C(=O)N2C2CCCC2)c1. The molecule has 1 heterocycles. The van der Waals surface area contributed by atoms with Crippen molar-refractivity contribution in [1.29, 1.82) is 0 Å². The number of carbonyl (C=O) groups excluding carboxylic acids is 2. The van der Waals surface area contributed by atoms with Crippen LogP contribution >= 0.6 is 0 Å². The van der Waals surface area contributed by atoms with Crippen molar-refractivity contribution in [1.82, 2.24) is 4.90 Å². The molecule has 0 aromatic heterocycles. The van der Waals surface area contributed by atoms with Gasteiger partial charge in [0.1, 0.15) is 5.75 Å². The van der Waals surface area contributed by atoms with Gasteiger partial charge in [-0.15, -0.1) is 0 Å². The smallest absolute Gasteiger partial charge is 0.290 e. The Morgan fingerprint density at radius 2 is 1.96 bits per heavy atom. The maximum absolute atomic E-state index is 12.8. The quantitative estimate of drug-likeness (QED) is 0.888. The fourth-order valence-corrected chi connectivity index (χ4v) is 3.88. The lowest BCUT2D eigenvalue weighted by atomic mass is 9.90. The summed E-state index contributed by atoms with van der Waals surface area (Å²) in [5, 5.41) is 10.5. The number of hydrogen-bond donors (Lipinski definition) is 1. The Kier molecular flexibility index (Phi) is 4.84. The minimum Gasteiger partial charge on any atom is -0.503 e. The van der Waals surface area contributed by atoms with E-state index in [0.29, 0.717) is 5.75 Å². The maximum Gasteiger partial charge on any atom is 0.290 e. The van der Waals surface area contributed by atoms with Gasteiger partial charge in [0, 0.05) is 12.0 Å². The Hall–Kier alpha value is -2.30. The number of hydrogen-bond acceptors (Lipinski definition) is 4. The Labute approximate surface area is 148 Å². The van der Waals surface area contributed by atoms with Gasteiger partial charge in [0.15, 0.2) is 11.5 Å². The van der Waals surface area contributed by atoms with Crippen LogP contribution in [0.4, 0.5) is 0 Å². The van der Waals surface area contributed by atoms with Crippen LogP contribution in [0.2, 0.25) is 0 Å². The van der Waals surface area contributed by atoms with E-state index >= 15 is 0 Å². The molecular weight excluding hydrogens is 318 g/mol. The lowest BCUT2D eigenvalue weighted by Crippen LogP contribution is -2.38. The molecule has 1 aromatic carbocycles. The predicted octanol–water partition coefficient (Wildman–Crippen LogP) is 3.56. The zero-order chi connectivity index (χ0) is 18.1. The van der Waals surface area contributed by atoms with Crippen LogP contribution in [0.3, 0.4) is 0 Å². The molecule has 25 heavy (non-hydrogen) atoms. The van der Waals surface area contributed by atoms with Crippen molar-refractivity contribution in [3.8, 4) is 5.75 Å². The minimum atomic E-state index is -0.541. The van der Waals surface area contributed by atoms with Crippen molar-refractivity contribution in [2.75, 3.05) is 7.11 Å². The Morgan fingerprint density at radius 3 is 2.56 bits per heavy atom. The van der Waals surface area contributed by atoms with E-state index in [9.17, 15) is 14.7 Å². The standard InChI is InChI=1S/C20H25NO4/c1-12(2)18(22)16-17(13-7-6-10-15(11-13)25-3)21(20(24)19(16)23)14-8-4-5-9-14/h6-7,10-12,14,17,23H,4-5,8-9H2,1-3H3. The fourth-order valence-electron chi connectivity index (χ4n) is 3.88. The van der Waals surface area contributed by atoms with Crippen molar-refractivity contribution in [3.05, 3.63) is 41.2 Å². The highest BCUT2D eigenvalue weighted by molar-refractivity contribution is 6.09. The first kappa shape index (κ1) is 17.5. The lowest BCUT2D eigenvalue weighted by molar-refractivity contribution is -0.131. The molecule has 1 aromatic rings. The number of Topliss-reactive ketones (excluding diaryl/α,β-unsaturated/α-hetero) is 1. The second-order valence-corrected chi connectivity index (χ2v) is 7.11. The molecule has 1 unspecified atom stereocenters. The van der Waals surface area contributed by atoms with Gasteiger partial charge < -0.3 is 14.7 Å². The molecule has 0 spiro atoms. The second-order valence-electron chi connectivity index (χ2n) is 7.11. The van der Waals surface area contributed by atoms with Gasteiger partial charge in [0.2, 0.25) is 0 Å². The number of carbonyl (C=O) groups is 2. The molecule has 1 saturated carbocycles. The van der Waals surface area contributed by atoms with Gasteiger partial charge in [-0.3, -0.25) is 9.59 Å². The Morgan fingerprint density at radius 1 is 1.28 bits per heavy atom. The highest BCUT2D eigenvalue weighted by Crippen LogP contribution is 2.43. The van der Waals surface area contributed by atoms with Gasteiger partial charge in [-0.2, -0.15) is 0 Å². The van der Waals surface area contributed by atoms with Crippen LogP contribution in [-0.2, 0) is 9.59 Å². The fraction of sp³-hybridized carbons (Fsp3) is 0.500. The average molecular weight is 343 g/mol. The van der Waals surface area contributed by atoms with Gasteiger partial charge in [0.25, 0.3) is 5.91 Å². The van der Waals surface area contributed by atoms with Crippen LogP contribution in [0.1, 0.15) is 51.1 Å². The molecule has 1 N–H and O–H groups in total. The molecule has 0 radical (unpaired) electrons. The van der Waals surface area contributed by atoms with Crippen molar-refractivity contribution >= 4 is 11.7 Å². The van der Waals surface area contributed by atoms with Gasteiger partial charge in [-0.25, -0.2) is 0 Å². The van der Waals surface area contributed by atoms with Crippen LogP contribution in [0.5, 0.6) is 5.75 Å². The number of nitrogens with zero attached hydrogens (tertiary/aromatic N) is 1. The largest absolute Gasteiger partial charge is 0.503 e. The van der Waals surface area contributed by atoms with Gasteiger partial charge in [0.05, 0.1) is 18.7 Å². The monoisotopic (exact) mass is 343 g/mol. The summed E-state index contributed by atoms with van der Waals surface area (Å²) in [5.74, 6) is -0.623. The minimum absolute atomic E-state index is 0.0586. The molecule has 3 rings (SSSR count). The van der Waals surface area contributed by atoms with Gasteiger partial charge >= 0.3 is 0 Å². The highest BCUT2D eigenvalue weighted by Gasteiger charge is 2.47. The Balaban J connectivity index is 2.11. The van der Waals surface area contributed by atoms with Crippen LogP contribution in [0.25, 0.3) is 0 Å². The predicted molar refractivity (Wildman–Crippen MR) is 94.3 cm³/mol. The molecule has 1 aliphatic heterocycles. The number of benzene rings is 1. The third kappa shape index (κ3) is 3.03. The molecular formula is C20H25NO4. The molecule has 1 aliphatic carbocycles.